The molecule has 1 aliphatic rings. The van der Waals surface area contributed by atoms with Crippen LogP contribution in [0.25, 0.3) is 5.76 Å². The Balaban J connectivity index is 2.11. The SMILES string of the molecule is COCCN1C(=O)C(=O)/C(=C(/O)c2ccc(S(=O)(=O)N(C)C)cc2)C1c1ccc(Br)cc1. The van der Waals surface area contributed by atoms with Gasteiger partial charge in [0.15, 0.2) is 0 Å². The van der Waals surface area contributed by atoms with Gasteiger partial charge in [-0.3, -0.25) is 9.59 Å². The Morgan fingerprint density at radius 3 is 2.22 bits per heavy atom. The summed E-state index contributed by atoms with van der Waals surface area (Å²) in [5, 5.41) is 11.0. The van der Waals surface area contributed by atoms with Gasteiger partial charge in [-0.2, -0.15) is 0 Å². The third-order valence-electron chi connectivity index (χ3n) is 5.17. The fourth-order valence-electron chi connectivity index (χ4n) is 3.44. The number of Topliss-reactive ketones (excluding diaryl/α,β-unsaturated/α-hetero) is 1. The van der Waals surface area contributed by atoms with E-state index in [0.29, 0.717) is 5.56 Å². The van der Waals surface area contributed by atoms with Gasteiger partial charge in [0, 0.05) is 37.8 Å². The molecule has 1 amide bonds. The average molecular weight is 523 g/mol. The van der Waals surface area contributed by atoms with Crippen LogP contribution in [0, 0.1) is 0 Å². The Labute approximate surface area is 195 Å². The normalized spacial score (nSPS) is 18.5. The van der Waals surface area contributed by atoms with Crippen molar-refractivity contribution < 1.29 is 27.9 Å². The lowest BCUT2D eigenvalue weighted by Gasteiger charge is -2.25. The Hall–Kier alpha value is -2.53. The number of halogens is 1. The molecule has 1 unspecified atom stereocenters. The number of amides is 1. The van der Waals surface area contributed by atoms with Crippen molar-refractivity contribution in [1.29, 1.82) is 0 Å². The third kappa shape index (κ3) is 4.49. The molecule has 0 bridgehead atoms. The number of hydrogen-bond acceptors (Lipinski definition) is 6. The summed E-state index contributed by atoms with van der Waals surface area (Å²) in [7, 11) is 0.687. The van der Waals surface area contributed by atoms with Gasteiger partial charge < -0.3 is 14.7 Å². The second-order valence-corrected chi connectivity index (χ2v) is 10.4. The zero-order valence-electron chi connectivity index (χ0n) is 17.8. The summed E-state index contributed by atoms with van der Waals surface area (Å²) >= 11 is 3.37. The first-order valence-corrected chi connectivity index (χ1v) is 11.9. The first-order chi connectivity index (χ1) is 15.1. The van der Waals surface area contributed by atoms with Gasteiger partial charge in [-0.1, -0.05) is 28.1 Å². The molecule has 1 atom stereocenters. The van der Waals surface area contributed by atoms with Gasteiger partial charge >= 0.3 is 0 Å². The van der Waals surface area contributed by atoms with Crippen molar-refractivity contribution >= 4 is 43.4 Å². The van der Waals surface area contributed by atoms with E-state index in [1.807, 2.05) is 0 Å². The molecule has 2 aromatic rings. The van der Waals surface area contributed by atoms with Crippen LogP contribution in [0.3, 0.4) is 0 Å². The van der Waals surface area contributed by atoms with Crippen molar-refractivity contribution in [2.75, 3.05) is 34.4 Å². The molecule has 0 aromatic heterocycles. The molecule has 8 nitrogen and oxygen atoms in total. The molecule has 0 spiro atoms. The lowest BCUT2D eigenvalue weighted by molar-refractivity contribution is -0.140. The summed E-state index contributed by atoms with van der Waals surface area (Å²) in [5.74, 6) is -1.91. The highest BCUT2D eigenvalue weighted by Gasteiger charge is 2.45. The van der Waals surface area contributed by atoms with Crippen molar-refractivity contribution in [2.45, 2.75) is 10.9 Å². The highest BCUT2D eigenvalue weighted by Crippen LogP contribution is 2.39. The standard InChI is InChI=1S/C22H23BrN2O6S/c1-24(2)32(29,30)17-10-6-15(7-11-17)20(26)18-19(14-4-8-16(23)9-5-14)25(12-13-31-3)22(28)21(18)27/h4-11,19,26H,12-13H2,1-3H3/b20-18+. The Morgan fingerprint density at radius 1 is 1.09 bits per heavy atom. The fourth-order valence-corrected chi connectivity index (χ4v) is 4.61. The highest BCUT2D eigenvalue weighted by molar-refractivity contribution is 9.10. The molecule has 0 radical (unpaired) electrons. The molecule has 2 aromatic carbocycles. The second kappa shape index (κ2) is 9.53. The van der Waals surface area contributed by atoms with Gasteiger partial charge in [0.25, 0.3) is 11.7 Å². The predicted octanol–water partition coefficient (Wildman–Crippen LogP) is 2.77. The van der Waals surface area contributed by atoms with Crippen LogP contribution in [0.4, 0.5) is 0 Å². The van der Waals surface area contributed by atoms with Gasteiger partial charge in [-0.05, 0) is 42.0 Å². The van der Waals surface area contributed by atoms with E-state index in [0.717, 1.165) is 8.78 Å². The van der Waals surface area contributed by atoms with Crippen molar-refractivity contribution in [2.24, 2.45) is 0 Å². The van der Waals surface area contributed by atoms with Crippen LogP contribution in [0.5, 0.6) is 0 Å². The second-order valence-electron chi connectivity index (χ2n) is 7.35. The Kier molecular flexibility index (Phi) is 7.19. The molecule has 1 heterocycles. The van der Waals surface area contributed by atoms with Crippen LogP contribution in [0.2, 0.25) is 0 Å². The molecule has 3 rings (SSSR count). The number of ether oxygens (including phenoxy) is 1. The van der Waals surface area contributed by atoms with Crippen LogP contribution < -0.4 is 0 Å². The number of aliphatic hydroxyl groups excluding tert-OH is 1. The van der Waals surface area contributed by atoms with E-state index in [9.17, 15) is 23.1 Å². The topological polar surface area (TPSA) is 104 Å². The molecule has 0 aliphatic carbocycles. The van der Waals surface area contributed by atoms with E-state index in [4.69, 9.17) is 4.74 Å². The number of aliphatic hydroxyl groups is 1. The summed E-state index contributed by atoms with van der Waals surface area (Å²) in [4.78, 5) is 27.1. The van der Waals surface area contributed by atoms with Crippen LogP contribution in [0.1, 0.15) is 17.2 Å². The number of methoxy groups -OCH3 is 1. The van der Waals surface area contributed by atoms with Gasteiger partial charge in [0.1, 0.15) is 5.76 Å². The number of sulfonamides is 1. The Bertz CT molecular complexity index is 1160. The van der Waals surface area contributed by atoms with Crippen molar-refractivity contribution in [1.82, 2.24) is 9.21 Å². The smallest absolute Gasteiger partial charge is 0.295 e. The van der Waals surface area contributed by atoms with E-state index < -0.39 is 27.8 Å². The number of ketones is 1. The number of hydrogen-bond donors (Lipinski definition) is 1. The van der Waals surface area contributed by atoms with Crippen molar-refractivity contribution in [3.05, 3.63) is 69.7 Å². The first-order valence-electron chi connectivity index (χ1n) is 9.65. The minimum Gasteiger partial charge on any atom is -0.507 e. The molecule has 1 N–H and O–H groups in total. The molecule has 1 aliphatic heterocycles. The van der Waals surface area contributed by atoms with E-state index in [1.165, 1.54) is 50.4 Å². The molecule has 1 fully saturated rings. The van der Waals surface area contributed by atoms with Gasteiger partial charge in [0.05, 0.1) is 23.1 Å². The zero-order valence-corrected chi connectivity index (χ0v) is 20.2. The average Bonchev–Trinajstić information content (AvgIpc) is 3.02. The molecular weight excluding hydrogens is 500 g/mol. The Morgan fingerprint density at radius 2 is 1.69 bits per heavy atom. The van der Waals surface area contributed by atoms with Crippen LogP contribution >= 0.6 is 15.9 Å². The van der Waals surface area contributed by atoms with Crippen molar-refractivity contribution in [3.63, 3.8) is 0 Å². The largest absolute Gasteiger partial charge is 0.507 e. The molecule has 0 saturated carbocycles. The van der Waals surface area contributed by atoms with Crippen LogP contribution in [0.15, 0.2) is 63.5 Å². The fraction of sp³-hybridized carbons (Fsp3) is 0.273. The lowest BCUT2D eigenvalue weighted by atomic mass is 9.95. The predicted molar refractivity (Wildman–Crippen MR) is 122 cm³/mol. The highest BCUT2D eigenvalue weighted by atomic mass is 79.9. The summed E-state index contributed by atoms with van der Waals surface area (Å²) in [6.07, 6.45) is 0. The molecule has 32 heavy (non-hydrogen) atoms. The summed E-state index contributed by atoms with van der Waals surface area (Å²) in [6, 6.07) is 11.8. The maximum absolute atomic E-state index is 12.9. The molecule has 170 valence electrons. The minimum absolute atomic E-state index is 0.0454. The number of rotatable bonds is 7. The first kappa shape index (κ1) is 24.1. The van der Waals surface area contributed by atoms with Gasteiger partial charge in [-0.15, -0.1) is 0 Å². The molecule has 10 heteroatoms. The number of carbonyl (C=O) groups is 2. The van der Waals surface area contributed by atoms with Gasteiger partial charge in [0.2, 0.25) is 10.0 Å². The number of benzene rings is 2. The minimum atomic E-state index is -3.65. The summed E-state index contributed by atoms with van der Waals surface area (Å²) in [5.41, 5.74) is 0.822. The number of carbonyl (C=O) groups excluding carboxylic acids is 2. The summed E-state index contributed by atoms with van der Waals surface area (Å²) < 4.78 is 31.6. The van der Waals surface area contributed by atoms with E-state index in [2.05, 4.69) is 15.9 Å². The van der Waals surface area contributed by atoms with E-state index in [1.54, 1.807) is 24.3 Å². The van der Waals surface area contributed by atoms with E-state index >= 15 is 0 Å². The zero-order chi connectivity index (χ0) is 23.6. The third-order valence-corrected chi connectivity index (χ3v) is 7.53. The lowest BCUT2D eigenvalue weighted by Crippen LogP contribution is -2.32. The van der Waals surface area contributed by atoms with Crippen LogP contribution in [-0.2, 0) is 24.3 Å². The monoisotopic (exact) mass is 522 g/mol. The van der Waals surface area contributed by atoms with Gasteiger partial charge in [-0.25, -0.2) is 12.7 Å². The van der Waals surface area contributed by atoms with Crippen molar-refractivity contribution in [3.8, 4) is 0 Å². The summed E-state index contributed by atoms with van der Waals surface area (Å²) in [6.45, 7) is 0.385. The molecular formula is C22H23BrN2O6S. The van der Waals surface area contributed by atoms with E-state index in [-0.39, 0.29) is 34.9 Å². The maximum Gasteiger partial charge on any atom is 0.295 e. The number of nitrogens with zero attached hydrogens (tertiary/aromatic N) is 2. The number of likely N-dealkylation sites (tertiary alicyclic amines) is 1. The maximum atomic E-state index is 12.9. The molecule has 1 saturated heterocycles. The van der Waals surface area contributed by atoms with Crippen LogP contribution in [-0.4, -0.2) is 68.8 Å². The quantitative estimate of drug-likeness (QED) is 0.340.